The van der Waals surface area contributed by atoms with Gasteiger partial charge in [-0.3, -0.25) is 19.1 Å². The van der Waals surface area contributed by atoms with Gasteiger partial charge in [0.1, 0.15) is 23.3 Å². The second-order valence-electron chi connectivity index (χ2n) is 14.9. The Hall–Kier alpha value is -5.10. The van der Waals surface area contributed by atoms with Crippen LogP contribution >= 0.6 is 23.2 Å². The summed E-state index contributed by atoms with van der Waals surface area (Å²) in [6.45, 7) is 11.8. The largest absolute Gasteiger partial charge is 0.494 e. The van der Waals surface area contributed by atoms with E-state index in [0.29, 0.717) is 44.1 Å². The van der Waals surface area contributed by atoms with Crippen LogP contribution in [-0.2, 0) is 31.8 Å². The van der Waals surface area contributed by atoms with Gasteiger partial charge in [-0.15, -0.1) is 0 Å². The molecule has 4 aromatic heterocycles. The van der Waals surface area contributed by atoms with Crippen molar-refractivity contribution in [1.82, 2.24) is 33.7 Å². The first-order valence-electron chi connectivity index (χ1n) is 18.9. The van der Waals surface area contributed by atoms with E-state index in [1.54, 1.807) is 23.0 Å². The summed E-state index contributed by atoms with van der Waals surface area (Å²) in [6, 6.07) is 16.1. The van der Waals surface area contributed by atoms with Crippen LogP contribution in [0, 0.1) is 27.7 Å². The Balaban J connectivity index is 1.24. The number of benzene rings is 3. The second kappa shape index (κ2) is 14.8. The predicted molar refractivity (Wildman–Crippen MR) is 223 cm³/mol. The zero-order chi connectivity index (χ0) is 39.6. The van der Waals surface area contributed by atoms with Gasteiger partial charge in [0.05, 0.1) is 42.7 Å². The van der Waals surface area contributed by atoms with Crippen molar-refractivity contribution in [2.75, 3.05) is 25.2 Å². The van der Waals surface area contributed by atoms with Crippen molar-refractivity contribution in [3.05, 3.63) is 99.8 Å². The Labute approximate surface area is 336 Å². The number of methoxy groups -OCH3 is 1. The number of nitrogens with zero attached hydrogens (tertiary/aromatic N) is 8. The Morgan fingerprint density at radius 2 is 1.71 bits per heavy atom. The van der Waals surface area contributed by atoms with Gasteiger partial charge < -0.3 is 18.6 Å². The van der Waals surface area contributed by atoms with E-state index in [1.807, 2.05) is 74.6 Å². The molecule has 1 aliphatic rings. The lowest BCUT2D eigenvalue weighted by atomic mass is 9.98. The van der Waals surface area contributed by atoms with Crippen LogP contribution in [0.25, 0.3) is 44.3 Å². The number of ether oxygens (including phenoxy) is 2. The Morgan fingerprint density at radius 1 is 0.946 bits per heavy atom. The standard InChI is InChI=1S/C43H46Cl2N8O3/c1-24-19-30(20-25(2)38(24)44)56-17-10-13-32-31-11-9-12-33(37-26(3)47-50(7)27(37)4)39(31)52-28(5)41(45)53(43(54)40(32)52)36-22-49(6)35-15-14-29(21-34(35)36)42-46-23-51(48-42)16-18-55-8/h9,11-12,14-15,19-23,28,41H,10,13,16-18H2,1-8H3/t28?,41-/m0/s1. The molecule has 0 aliphatic carbocycles. The van der Waals surface area contributed by atoms with Crippen LogP contribution in [0.1, 0.15) is 58.0 Å². The number of anilines is 1. The number of alkyl halides is 1. The summed E-state index contributed by atoms with van der Waals surface area (Å²) in [5.74, 6) is 1.23. The van der Waals surface area contributed by atoms with E-state index in [1.165, 1.54) is 0 Å². The van der Waals surface area contributed by atoms with Gasteiger partial charge in [0.25, 0.3) is 5.91 Å². The van der Waals surface area contributed by atoms with Crippen LogP contribution in [0.3, 0.4) is 0 Å². The average Bonchev–Trinajstić information content (AvgIpc) is 3.93. The molecule has 0 spiro atoms. The SMILES string of the molecule is COCCn1cnc(-c2ccc3c(c2)c(N2C(=O)c4c(CCCOc5cc(C)c(Cl)c(C)c5)c5cccc(-c6c(C)nn(C)c6C)c5n4C(C)[C@H]2Cl)cn3C)n1. The average molecular weight is 794 g/mol. The smallest absolute Gasteiger partial charge is 0.276 e. The van der Waals surface area contributed by atoms with Crippen molar-refractivity contribution in [2.24, 2.45) is 14.1 Å². The molecule has 56 heavy (non-hydrogen) atoms. The molecule has 290 valence electrons. The zero-order valence-electron chi connectivity index (χ0n) is 33.0. The molecular formula is C43H46Cl2N8O3. The molecular weight excluding hydrogens is 747 g/mol. The normalized spacial score (nSPS) is 15.8. The molecule has 1 aliphatic heterocycles. The van der Waals surface area contributed by atoms with E-state index in [4.69, 9.17) is 37.8 Å². The molecule has 0 saturated carbocycles. The van der Waals surface area contributed by atoms with E-state index >= 15 is 4.79 Å². The number of halogens is 2. The Kier molecular flexibility index (Phi) is 9.97. The van der Waals surface area contributed by atoms with E-state index in [0.717, 1.165) is 83.0 Å². The number of hydrogen-bond acceptors (Lipinski definition) is 6. The summed E-state index contributed by atoms with van der Waals surface area (Å²) < 4.78 is 19.4. The number of rotatable bonds is 11. The quantitative estimate of drug-likeness (QED) is 0.0737. The summed E-state index contributed by atoms with van der Waals surface area (Å²) in [7, 11) is 5.62. The maximum atomic E-state index is 15.3. The zero-order valence-corrected chi connectivity index (χ0v) is 34.5. The lowest BCUT2D eigenvalue weighted by Gasteiger charge is -2.38. The molecule has 5 heterocycles. The van der Waals surface area contributed by atoms with Crippen LogP contribution in [0.4, 0.5) is 5.69 Å². The van der Waals surface area contributed by atoms with Gasteiger partial charge in [0.2, 0.25) is 0 Å². The number of para-hydroxylation sites is 1. The number of aryl methyl sites for hydroxylation is 6. The predicted octanol–water partition coefficient (Wildman–Crippen LogP) is 9.12. The fraction of sp³-hybridized carbons (Fsp3) is 0.349. The molecule has 1 unspecified atom stereocenters. The first kappa shape index (κ1) is 37.8. The fourth-order valence-electron chi connectivity index (χ4n) is 8.35. The molecule has 0 N–H and O–H groups in total. The van der Waals surface area contributed by atoms with Crippen LogP contribution in [0.15, 0.2) is 61.1 Å². The molecule has 13 heteroatoms. The minimum Gasteiger partial charge on any atom is -0.494 e. The molecule has 2 atom stereocenters. The van der Waals surface area contributed by atoms with Crippen LogP contribution < -0.4 is 9.64 Å². The maximum absolute atomic E-state index is 15.3. The Morgan fingerprint density at radius 3 is 2.43 bits per heavy atom. The van der Waals surface area contributed by atoms with Gasteiger partial charge in [0.15, 0.2) is 5.82 Å². The van der Waals surface area contributed by atoms with E-state index < -0.39 is 5.50 Å². The molecule has 3 aromatic carbocycles. The van der Waals surface area contributed by atoms with Gasteiger partial charge in [0, 0.05) is 71.1 Å². The van der Waals surface area contributed by atoms with E-state index in [-0.39, 0.29) is 11.9 Å². The lowest BCUT2D eigenvalue weighted by molar-refractivity contribution is 0.0951. The first-order chi connectivity index (χ1) is 26.9. The number of carbonyl (C=O) groups excluding carboxylic acids is 1. The highest BCUT2D eigenvalue weighted by Gasteiger charge is 2.42. The summed E-state index contributed by atoms with van der Waals surface area (Å²) in [4.78, 5) is 21.7. The third-order valence-electron chi connectivity index (χ3n) is 11.2. The minimum absolute atomic E-state index is 0.148. The van der Waals surface area contributed by atoms with Gasteiger partial charge in [-0.05, 0) is 94.5 Å². The number of fused-ring (bicyclic) bond motifs is 4. The topological polar surface area (TPSA) is 97.2 Å². The van der Waals surface area contributed by atoms with Crippen molar-refractivity contribution in [2.45, 2.75) is 65.5 Å². The lowest BCUT2D eigenvalue weighted by Crippen LogP contribution is -2.47. The highest BCUT2D eigenvalue weighted by atomic mass is 35.5. The molecule has 0 bridgehead atoms. The third-order valence-corrected chi connectivity index (χ3v) is 12.3. The maximum Gasteiger partial charge on any atom is 0.276 e. The first-order valence-corrected chi connectivity index (χ1v) is 19.7. The molecule has 1 amide bonds. The van der Waals surface area contributed by atoms with Gasteiger partial charge in [-0.1, -0.05) is 41.4 Å². The molecule has 0 saturated heterocycles. The highest BCUT2D eigenvalue weighted by Crippen LogP contribution is 2.46. The summed E-state index contributed by atoms with van der Waals surface area (Å²) in [6.07, 6.45) is 5.01. The van der Waals surface area contributed by atoms with Gasteiger partial charge in [-0.25, -0.2) is 4.98 Å². The number of aromatic nitrogens is 7. The van der Waals surface area contributed by atoms with Crippen LogP contribution in [0.5, 0.6) is 5.75 Å². The van der Waals surface area contributed by atoms with E-state index in [2.05, 4.69) is 52.8 Å². The monoisotopic (exact) mass is 792 g/mol. The van der Waals surface area contributed by atoms with Crippen LogP contribution in [0.2, 0.25) is 5.02 Å². The highest BCUT2D eigenvalue weighted by molar-refractivity contribution is 6.32. The Bertz CT molecular complexity index is 2630. The van der Waals surface area contributed by atoms with Gasteiger partial charge >= 0.3 is 0 Å². The van der Waals surface area contributed by atoms with Crippen LogP contribution in [-0.4, -0.2) is 65.4 Å². The fourth-order valence-corrected chi connectivity index (χ4v) is 8.76. The number of hydrogen-bond donors (Lipinski definition) is 0. The molecule has 7 aromatic rings. The second-order valence-corrected chi connectivity index (χ2v) is 15.7. The minimum atomic E-state index is -0.692. The third kappa shape index (κ3) is 6.26. The molecule has 11 nitrogen and oxygen atoms in total. The van der Waals surface area contributed by atoms with Crippen molar-refractivity contribution in [3.8, 4) is 28.3 Å². The van der Waals surface area contributed by atoms with Crippen molar-refractivity contribution in [1.29, 1.82) is 0 Å². The van der Waals surface area contributed by atoms with E-state index in [9.17, 15) is 0 Å². The van der Waals surface area contributed by atoms with Crippen molar-refractivity contribution >= 4 is 56.6 Å². The van der Waals surface area contributed by atoms with Crippen molar-refractivity contribution < 1.29 is 14.3 Å². The molecule has 8 rings (SSSR count). The summed E-state index contributed by atoms with van der Waals surface area (Å²) in [5, 5.41) is 12.1. The van der Waals surface area contributed by atoms with Gasteiger partial charge in [-0.2, -0.15) is 10.2 Å². The summed E-state index contributed by atoms with van der Waals surface area (Å²) >= 11 is 13.9. The molecule has 0 fully saturated rings. The number of amides is 1. The summed E-state index contributed by atoms with van der Waals surface area (Å²) in [5.41, 5.74) is 10.5. The molecule has 0 radical (unpaired) electrons. The number of carbonyl (C=O) groups is 1. The van der Waals surface area contributed by atoms with Crippen molar-refractivity contribution in [3.63, 3.8) is 0 Å².